The number of methoxy groups -OCH3 is 1. The summed E-state index contributed by atoms with van der Waals surface area (Å²) in [5.41, 5.74) is 2.96. The minimum absolute atomic E-state index is 0.199. The van der Waals surface area contributed by atoms with Crippen LogP contribution in [0.2, 0.25) is 0 Å². The Morgan fingerprint density at radius 2 is 2.00 bits per heavy atom. The topological polar surface area (TPSA) is 38.3 Å². The Kier molecular flexibility index (Phi) is 4.16. The van der Waals surface area contributed by atoms with Gasteiger partial charge >= 0.3 is 5.97 Å². The fourth-order valence-electron chi connectivity index (χ4n) is 1.68. The first-order valence-corrected chi connectivity index (χ1v) is 5.76. The van der Waals surface area contributed by atoms with Gasteiger partial charge in [0.05, 0.1) is 12.5 Å². The number of carbonyl (C=O) groups excluding carboxylic acids is 1. The van der Waals surface area contributed by atoms with E-state index in [0.717, 1.165) is 5.69 Å². The standard InChI is InChI=1S/C14H21NO2/c1-10-6-7-12(11(2)8-10)15-9-14(3,4)13(16)17-5/h6-8,15H,9H2,1-5H3. The minimum Gasteiger partial charge on any atom is -0.469 e. The van der Waals surface area contributed by atoms with Crippen molar-refractivity contribution in [3.05, 3.63) is 29.3 Å². The summed E-state index contributed by atoms with van der Waals surface area (Å²) in [4.78, 5) is 11.5. The Balaban J connectivity index is 2.70. The van der Waals surface area contributed by atoms with Crippen LogP contribution in [-0.4, -0.2) is 19.6 Å². The molecule has 0 aliphatic carbocycles. The lowest BCUT2D eigenvalue weighted by atomic mass is 9.93. The molecule has 1 rings (SSSR count). The quantitative estimate of drug-likeness (QED) is 0.815. The molecule has 0 aromatic heterocycles. The van der Waals surface area contributed by atoms with Gasteiger partial charge in [0.15, 0.2) is 0 Å². The number of ether oxygens (including phenoxy) is 1. The van der Waals surface area contributed by atoms with Crippen molar-refractivity contribution in [1.82, 2.24) is 0 Å². The van der Waals surface area contributed by atoms with E-state index < -0.39 is 5.41 Å². The Labute approximate surface area is 103 Å². The van der Waals surface area contributed by atoms with Gasteiger partial charge in [-0.15, -0.1) is 0 Å². The van der Waals surface area contributed by atoms with Crippen LogP contribution in [0.5, 0.6) is 0 Å². The number of rotatable bonds is 4. The maximum atomic E-state index is 11.5. The van der Waals surface area contributed by atoms with Gasteiger partial charge in [-0.2, -0.15) is 0 Å². The van der Waals surface area contributed by atoms with Crippen LogP contribution in [0.3, 0.4) is 0 Å². The van der Waals surface area contributed by atoms with Crippen molar-refractivity contribution in [2.45, 2.75) is 27.7 Å². The normalized spacial score (nSPS) is 11.1. The maximum absolute atomic E-state index is 11.5. The summed E-state index contributed by atoms with van der Waals surface area (Å²) >= 11 is 0. The SMILES string of the molecule is COC(=O)C(C)(C)CNc1ccc(C)cc1C. The predicted octanol–water partition coefficient (Wildman–Crippen LogP) is 2.91. The first kappa shape index (κ1) is 13.6. The molecule has 17 heavy (non-hydrogen) atoms. The van der Waals surface area contributed by atoms with Gasteiger partial charge in [0.25, 0.3) is 0 Å². The third-order valence-corrected chi connectivity index (χ3v) is 2.84. The molecule has 1 aromatic carbocycles. The molecule has 0 unspecified atom stereocenters. The van der Waals surface area contributed by atoms with E-state index in [9.17, 15) is 4.79 Å². The van der Waals surface area contributed by atoms with Crippen LogP contribution in [-0.2, 0) is 9.53 Å². The molecule has 94 valence electrons. The largest absolute Gasteiger partial charge is 0.469 e. The van der Waals surface area contributed by atoms with Crippen LogP contribution in [0.1, 0.15) is 25.0 Å². The number of carbonyl (C=O) groups is 1. The fraction of sp³-hybridized carbons (Fsp3) is 0.500. The Hall–Kier alpha value is -1.51. The van der Waals surface area contributed by atoms with Crippen molar-refractivity contribution in [2.24, 2.45) is 5.41 Å². The molecule has 0 aliphatic rings. The molecule has 3 heteroatoms. The van der Waals surface area contributed by atoms with Gasteiger partial charge in [0.2, 0.25) is 0 Å². The highest BCUT2D eigenvalue weighted by atomic mass is 16.5. The lowest BCUT2D eigenvalue weighted by Gasteiger charge is -2.23. The van der Waals surface area contributed by atoms with Gasteiger partial charge in [-0.25, -0.2) is 0 Å². The summed E-state index contributed by atoms with van der Waals surface area (Å²) in [7, 11) is 1.42. The van der Waals surface area contributed by atoms with Crippen molar-refractivity contribution in [3.8, 4) is 0 Å². The molecule has 0 atom stereocenters. The third kappa shape index (κ3) is 3.48. The average molecular weight is 235 g/mol. The minimum atomic E-state index is -0.522. The van der Waals surface area contributed by atoms with Gasteiger partial charge in [0.1, 0.15) is 0 Å². The van der Waals surface area contributed by atoms with Gasteiger partial charge in [-0.1, -0.05) is 17.7 Å². The Morgan fingerprint density at radius 1 is 1.35 bits per heavy atom. The fourth-order valence-corrected chi connectivity index (χ4v) is 1.68. The highest BCUT2D eigenvalue weighted by molar-refractivity contribution is 5.76. The molecule has 1 aromatic rings. The molecule has 0 spiro atoms. The monoisotopic (exact) mass is 235 g/mol. The zero-order chi connectivity index (χ0) is 13.1. The van der Waals surface area contributed by atoms with Crippen molar-refractivity contribution in [1.29, 1.82) is 0 Å². The van der Waals surface area contributed by atoms with Crippen molar-refractivity contribution in [2.75, 3.05) is 19.0 Å². The van der Waals surface area contributed by atoms with Crippen LogP contribution in [0.4, 0.5) is 5.69 Å². The zero-order valence-electron chi connectivity index (χ0n) is 11.3. The highest BCUT2D eigenvalue weighted by Crippen LogP contribution is 2.21. The number of esters is 1. The number of hydrogen-bond acceptors (Lipinski definition) is 3. The van der Waals surface area contributed by atoms with Gasteiger partial charge < -0.3 is 10.1 Å². The second-order valence-corrected chi connectivity index (χ2v) is 5.05. The van der Waals surface area contributed by atoms with Gasteiger partial charge in [0, 0.05) is 12.2 Å². The molecule has 1 N–H and O–H groups in total. The third-order valence-electron chi connectivity index (χ3n) is 2.84. The lowest BCUT2D eigenvalue weighted by Crippen LogP contribution is -2.33. The molecular weight excluding hydrogens is 214 g/mol. The summed E-state index contributed by atoms with van der Waals surface area (Å²) in [5.74, 6) is -0.199. The zero-order valence-corrected chi connectivity index (χ0v) is 11.3. The van der Waals surface area contributed by atoms with Crippen LogP contribution >= 0.6 is 0 Å². The van der Waals surface area contributed by atoms with E-state index in [4.69, 9.17) is 4.74 Å². The summed E-state index contributed by atoms with van der Waals surface area (Å²) < 4.78 is 4.77. The number of hydrogen-bond donors (Lipinski definition) is 1. The summed E-state index contributed by atoms with van der Waals surface area (Å²) in [6.07, 6.45) is 0. The first-order valence-electron chi connectivity index (χ1n) is 5.76. The average Bonchev–Trinajstić information content (AvgIpc) is 2.26. The molecular formula is C14H21NO2. The van der Waals surface area contributed by atoms with Crippen LogP contribution in [0, 0.1) is 19.3 Å². The second-order valence-electron chi connectivity index (χ2n) is 5.05. The van der Waals surface area contributed by atoms with E-state index >= 15 is 0 Å². The second kappa shape index (κ2) is 5.21. The summed E-state index contributed by atoms with van der Waals surface area (Å²) in [5, 5.41) is 3.29. The van der Waals surface area contributed by atoms with E-state index in [1.807, 2.05) is 19.9 Å². The van der Waals surface area contributed by atoms with E-state index in [0.29, 0.717) is 6.54 Å². The molecule has 0 radical (unpaired) electrons. The molecule has 0 fully saturated rings. The highest BCUT2D eigenvalue weighted by Gasteiger charge is 2.28. The van der Waals surface area contributed by atoms with Crippen molar-refractivity contribution < 1.29 is 9.53 Å². The van der Waals surface area contributed by atoms with E-state index in [2.05, 4.69) is 31.3 Å². The molecule has 0 aliphatic heterocycles. The van der Waals surface area contributed by atoms with E-state index in [1.165, 1.54) is 18.2 Å². The number of aryl methyl sites for hydroxylation is 2. The number of benzene rings is 1. The molecule has 0 saturated carbocycles. The molecule has 3 nitrogen and oxygen atoms in total. The Bertz CT molecular complexity index is 411. The number of anilines is 1. The van der Waals surface area contributed by atoms with Gasteiger partial charge in [-0.3, -0.25) is 4.79 Å². The van der Waals surface area contributed by atoms with Crippen LogP contribution < -0.4 is 5.32 Å². The molecule has 0 amide bonds. The molecule has 0 saturated heterocycles. The van der Waals surface area contributed by atoms with E-state index in [1.54, 1.807) is 0 Å². The Morgan fingerprint density at radius 3 is 2.53 bits per heavy atom. The predicted molar refractivity (Wildman–Crippen MR) is 70.2 cm³/mol. The first-order chi connectivity index (χ1) is 7.86. The van der Waals surface area contributed by atoms with Crippen LogP contribution in [0.25, 0.3) is 0 Å². The summed E-state index contributed by atoms with van der Waals surface area (Å²) in [6, 6.07) is 6.21. The maximum Gasteiger partial charge on any atom is 0.313 e. The lowest BCUT2D eigenvalue weighted by molar-refractivity contribution is -0.149. The summed E-state index contributed by atoms with van der Waals surface area (Å²) in [6.45, 7) is 8.42. The van der Waals surface area contributed by atoms with Crippen LogP contribution in [0.15, 0.2) is 18.2 Å². The van der Waals surface area contributed by atoms with Crippen molar-refractivity contribution in [3.63, 3.8) is 0 Å². The molecule has 0 heterocycles. The molecule has 0 bridgehead atoms. The van der Waals surface area contributed by atoms with E-state index in [-0.39, 0.29) is 5.97 Å². The number of nitrogens with one attached hydrogen (secondary N) is 1. The van der Waals surface area contributed by atoms with Crippen molar-refractivity contribution >= 4 is 11.7 Å². The smallest absolute Gasteiger partial charge is 0.313 e. The van der Waals surface area contributed by atoms with Gasteiger partial charge in [-0.05, 0) is 39.3 Å².